The van der Waals surface area contributed by atoms with Gasteiger partial charge in [-0.3, -0.25) is 4.79 Å². The van der Waals surface area contributed by atoms with E-state index >= 15 is 0 Å². The second kappa shape index (κ2) is 11.6. The van der Waals surface area contributed by atoms with Crippen LogP contribution < -0.4 is 10.6 Å². The number of hydrogen-bond donors (Lipinski definition) is 2. The lowest BCUT2D eigenvalue weighted by atomic mass is 10.2. The van der Waals surface area contributed by atoms with Crippen molar-refractivity contribution in [1.29, 1.82) is 0 Å². The van der Waals surface area contributed by atoms with Gasteiger partial charge in [-0.1, -0.05) is 30.8 Å². The molecule has 2 N–H and O–H groups in total. The largest absolute Gasteiger partial charge is 0.380 e. The van der Waals surface area contributed by atoms with Gasteiger partial charge in [0.1, 0.15) is 11.6 Å². The van der Waals surface area contributed by atoms with Gasteiger partial charge in [0.25, 0.3) is 5.91 Å². The van der Waals surface area contributed by atoms with Gasteiger partial charge in [-0.25, -0.2) is 19.0 Å². The van der Waals surface area contributed by atoms with Gasteiger partial charge in [0.05, 0.1) is 30.3 Å². The van der Waals surface area contributed by atoms with Gasteiger partial charge in [-0.2, -0.15) is 5.10 Å². The van der Waals surface area contributed by atoms with E-state index in [0.29, 0.717) is 49.5 Å². The number of carbonyl (C=O) groups excluding carboxylic acids is 1. The summed E-state index contributed by atoms with van der Waals surface area (Å²) in [6.07, 6.45) is 2.73. The Labute approximate surface area is 185 Å². The van der Waals surface area contributed by atoms with Crippen LogP contribution in [0.4, 0.5) is 10.2 Å². The van der Waals surface area contributed by atoms with Crippen LogP contribution >= 0.6 is 11.8 Å². The summed E-state index contributed by atoms with van der Waals surface area (Å²) in [4.78, 5) is 21.5. The molecule has 2 aromatic heterocycles. The SMILES string of the molecule is CCCSc1nc(NCCOCC)c2cnn(CCNC(=O)c3ccccc3F)c2n1. The molecule has 166 valence electrons. The molecule has 1 amide bonds. The molecule has 2 heterocycles. The number of rotatable bonds is 12. The van der Waals surface area contributed by atoms with E-state index in [1.54, 1.807) is 34.8 Å². The highest BCUT2D eigenvalue weighted by Gasteiger charge is 2.14. The maximum Gasteiger partial charge on any atom is 0.254 e. The average molecular weight is 447 g/mol. The Morgan fingerprint density at radius 3 is 2.84 bits per heavy atom. The van der Waals surface area contributed by atoms with Crippen LogP contribution in [0, 0.1) is 5.82 Å². The molecule has 0 aliphatic rings. The summed E-state index contributed by atoms with van der Waals surface area (Å²) in [5.41, 5.74) is 0.710. The number of carbonyl (C=O) groups is 1. The molecule has 0 radical (unpaired) electrons. The maximum absolute atomic E-state index is 13.8. The van der Waals surface area contributed by atoms with Crippen LogP contribution in [0.5, 0.6) is 0 Å². The van der Waals surface area contributed by atoms with Crippen molar-refractivity contribution in [1.82, 2.24) is 25.1 Å². The van der Waals surface area contributed by atoms with E-state index in [-0.39, 0.29) is 5.56 Å². The third kappa shape index (κ3) is 6.14. The van der Waals surface area contributed by atoms with Crippen molar-refractivity contribution >= 4 is 34.5 Å². The number of anilines is 1. The first kappa shape index (κ1) is 23.0. The molecule has 31 heavy (non-hydrogen) atoms. The van der Waals surface area contributed by atoms with Crippen LogP contribution in [0.2, 0.25) is 0 Å². The first-order chi connectivity index (χ1) is 15.1. The molecule has 0 saturated carbocycles. The van der Waals surface area contributed by atoms with E-state index in [2.05, 4.69) is 32.6 Å². The summed E-state index contributed by atoms with van der Waals surface area (Å²) in [6.45, 7) is 6.62. The predicted molar refractivity (Wildman–Crippen MR) is 120 cm³/mol. The standard InChI is InChI=1S/C21H27FN6O2S/c1-3-13-31-21-26-18(23-10-12-30-4-2)16-14-25-28(19(16)27-21)11-9-24-20(29)15-7-5-6-8-17(15)22/h5-8,14H,3-4,9-13H2,1-2H3,(H,24,29)(H,23,26,27). The molecule has 0 unspecified atom stereocenters. The highest BCUT2D eigenvalue weighted by atomic mass is 32.2. The second-order valence-electron chi connectivity index (χ2n) is 6.67. The molecule has 0 aliphatic heterocycles. The molecule has 0 atom stereocenters. The van der Waals surface area contributed by atoms with Crippen LogP contribution in [0.1, 0.15) is 30.6 Å². The van der Waals surface area contributed by atoms with Crippen LogP contribution in [0.3, 0.4) is 0 Å². The molecule has 1 aromatic carbocycles. The first-order valence-corrected chi connectivity index (χ1v) is 11.3. The highest BCUT2D eigenvalue weighted by Crippen LogP contribution is 2.24. The minimum Gasteiger partial charge on any atom is -0.380 e. The fourth-order valence-corrected chi connectivity index (χ4v) is 3.59. The zero-order valence-corrected chi connectivity index (χ0v) is 18.5. The Balaban J connectivity index is 1.72. The number of amides is 1. The number of aromatic nitrogens is 4. The van der Waals surface area contributed by atoms with Gasteiger partial charge in [-0.15, -0.1) is 0 Å². The molecular weight excluding hydrogens is 419 g/mol. The fourth-order valence-electron chi connectivity index (χ4n) is 2.89. The molecule has 8 nitrogen and oxygen atoms in total. The van der Waals surface area contributed by atoms with Crippen molar-refractivity contribution in [2.45, 2.75) is 32.0 Å². The fraction of sp³-hybridized carbons (Fsp3) is 0.429. The number of halogens is 1. The topological polar surface area (TPSA) is 94.0 Å². The van der Waals surface area contributed by atoms with Gasteiger partial charge in [0, 0.05) is 25.4 Å². The summed E-state index contributed by atoms with van der Waals surface area (Å²) in [6, 6.07) is 5.91. The number of hydrogen-bond acceptors (Lipinski definition) is 7. The number of benzene rings is 1. The number of thioether (sulfide) groups is 1. The maximum atomic E-state index is 13.8. The lowest BCUT2D eigenvalue weighted by Crippen LogP contribution is -2.28. The predicted octanol–water partition coefficient (Wildman–Crippen LogP) is 3.35. The van der Waals surface area contributed by atoms with Crippen molar-refractivity contribution in [3.8, 4) is 0 Å². The lowest BCUT2D eigenvalue weighted by molar-refractivity contribution is 0.0948. The van der Waals surface area contributed by atoms with Crippen LogP contribution in [0.15, 0.2) is 35.6 Å². The van der Waals surface area contributed by atoms with E-state index in [1.165, 1.54) is 12.1 Å². The van der Waals surface area contributed by atoms with Crippen molar-refractivity contribution in [2.75, 3.05) is 37.4 Å². The van der Waals surface area contributed by atoms with E-state index in [1.807, 2.05) is 6.92 Å². The molecule has 0 fully saturated rings. The Bertz CT molecular complexity index is 1010. The Morgan fingerprint density at radius 1 is 1.23 bits per heavy atom. The molecular formula is C21H27FN6O2S. The third-order valence-corrected chi connectivity index (χ3v) is 5.43. The van der Waals surface area contributed by atoms with Crippen molar-refractivity contribution in [3.05, 3.63) is 41.8 Å². The van der Waals surface area contributed by atoms with Crippen LogP contribution in [-0.2, 0) is 11.3 Å². The van der Waals surface area contributed by atoms with E-state index in [0.717, 1.165) is 17.6 Å². The number of ether oxygens (including phenoxy) is 1. The number of fused-ring (bicyclic) bond motifs is 1. The Morgan fingerprint density at radius 2 is 2.06 bits per heavy atom. The summed E-state index contributed by atoms with van der Waals surface area (Å²) in [7, 11) is 0. The molecule has 3 rings (SSSR count). The smallest absolute Gasteiger partial charge is 0.254 e. The third-order valence-electron chi connectivity index (χ3n) is 4.38. The minimum atomic E-state index is -0.544. The van der Waals surface area contributed by atoms with E-state index in [9.17, 15) is 9.18 Å². The Kier molecular flexibility index (Phi) is 8.60. The van der Waals surface area contributed by atoms with Crippen molar-refractivity contribution < 1.29 is 13.9 Å². The summed E-state index contributed by atoms with van der Waals surface area (Å²) in [5.74, 6) is 0.626. The molecule has 10 heteroatoms. The molecule has 3 aromatic rings. The van der Waals surface area contributed by atoms with Crippen LogP contribution in [-0.4, -0.2) is 57.7 Å². The highest BCUT2D eigenvalue weighted by molar-refractivity contribution is 7.99. The number of nitrogens with one attached hydrogen (secondary N) is 2. The normalized spacial score (nSPS) is 11.1. The monoisotopic (exact) mass is 446 g/mol. The first-order valence-electron chi connectivity index (χ1n) is 10.3. The van der Waals surface area contributed by atoms with Crippen LogP contribution in [0.25, 0.3) is 11.0 Å². The lowest BCUT2D eigenvalue weighted by Gasteiger charge is -2.10. The Hall–Kier alpha value is -2.72. The number of nitrogens with zero attached hydrogens (tertiary/aromatic N) is 4. The second-order valence-corrected chi connectivity index (χ2v) is 7.73. The van der Waals surface area contributed by atoms with E-state index < -0.39 is 11.7 Å². The zero-order chi connectivity index (χ0) is 22.1. The van der Waals surface area contributed by atoms with Crippen molar-refractivity contribution in [3.63, 3.8) is 0 Å². The average Bonchev–Trinajstić information content (AvgIpc) is 3.18. The molecule has 0 bridgehead atoms. The molecule has 0 aliphatic carbocycles. The van der Waals surface area contributed by atoms with Gasteiger partial charge >= 0.3 is 0 Å². The van der Waals surface area contributed by atoms with Gasteiger partial charge < -0.3 is 15.4 Å². The summed E-state index contributed by atoms with van der Waals surface area (Å²) < 4.78 is 20.9. The quantitative estimate of drug-likeness (QED) is 0.250. The van der Waals surface area contributed by atoms with Gasteiger partial charge in [0.2, 0.25) is 0 Å². The van der Waals surface area contributed by atoms with Crippen molar-refractivity contribution in [2.24, 2.45) is 0 Å². The molecule has 0 saturated heterocycles. The minimum absolute atomic E-state index is 0.0224. The molecule has 0 spiro atoms. The zero-order valence-electron chi connectivity index (χ0n) is 17.7. The van der Waals surface area contributed by atoms with E-state index in [4.69, 9.17) is 4.74 Å². The summed E-state index contributed by atoms with van der Waals surface area (Å²) >= 11 is 1.59. The van der Waals surface area contributed by atoms with Gasteiger partial charge in [-0.05, 0) is 25.5 Å². The summed E-state index contributed by atoms with van der Waals surface area (Å²) in [5, 5.41) is 11.9. The van der Waals surface area contributed by atoms with Gasteiger partial charge in [0.15, 0.2) is 10.8 Å².